The molecule has 30 heavy (non-hydrogen) atoms. The molecule has 1 aromatic heterocycles. The number of carbonyl (C=O) groups is 2. The minimum atomic E-state index is -0.129. The quantitative estimate of drug-likeness (QED) is 0.591. The van der Waals surface area contributed by atoms with E-state index in [2.05, 4.69) is 51.4 Å². The number of rotatable bonds is 4. The number of carbonyl (C=O) groups excluding carboxylic acids is 2. The van der Waals surface area contributed by atoms with Crippen LogP contribution in [-0.2, 0) is 17.9 Å². The number of nitrogens with zero attached hydrogens (tertiary/aromatic N) is 1. The summed E-state index contributed by atoms with van der Waals surface area (Å²) in [7, 11) is 0. The third-order valence-electron chi connectivity index (χ3n) is 6.31. The van der Waals surface area contributed by atoms with Gasteiger partial charge < -0.3 is 21.3 Å². The third-order valence-corrected chi connectivity index (χ3v) is 7.41. The summed E-state index contributed by atoms with van der Waals surface area (Å²) in [5.41, 5.74) is 2.83. The molecule has 4 N–H and O–H groups in total. The normalized spacial score (nSPS) is 29.4. The number of fused-ring (bicyclic) bond motifs is 2. The van der Waals surface area contributed by atoms with Gasteiger partial charge in [0.25, 0.3) is 11.8 Å². The van der Waals surface area contributed by atoms with Crippen molar-refractivity contribution in [1.29, 1.82) is 0 Å². The van der Waals surface area contributed by atoms with Gasteiger partial charge in [-0.15, -0.1) is 11.3 Å². The van der Waals surface area contributed by atoms with Crippen molar-refractivity contribution in [3.05, 3.63) is 51.2 Å². The Hall–Kier alpha value is -2.45. The molecule has 3 heterocycles. The number of nitrogens with one attached hydrogen (secondary N) is 4. The van der Waals surface area contributed by atoms with Crippen LogP contribution in [0.15, 0.2) is 35.6 Å². The fraction of sp³-hybridized carbons (Fsp3) is 0.500. The van der Waals surface area contributed by atoms with Crippen molar-refractivity contribution in [2.24, 2.45) is 5.92 Å². The average Bonchev–Trinajstić information content (AvgIpc) is 3.43. The molecule has 4 atom stereocenters. The second-order valence-corrected chi connectivity index (χ2v) is 9.62. The average molecular weight is 426 g/mol. The Kier molecular flexibility index (Phi) is 5.20. The lowest BCUT2D eigenvalue weighted by molar-refractivity contribution is -0.118. The van der Waals surface area contributed by atoms with Crippen LogP contribution in [0, 0.1) is 5.92 Å². The van der Waals surface area contributed by atoms with E-state index in [-0.39, 0.29) is 35.9 Å². The minimum absolute atomic E-state index is 0.0678. The molecule has 0 aromatic carbocycles. The number of hydrogen-bond donors (Lipinski definition) is 4. The lowest BCUT2D eigenvalue weighted by atomic mass is 9.90. The van der Waals surface area contributed by atoms with Crippen LogP contribution in [0.2, 0.25) is 0 Å². The van der Waals surface area contributed by atoms with Gasteiger partial charge in [-0.3, -0.25) is 9.59 Å². The fourth-order valence-corrected chi connectivity index (χ4v) is 5.66. The van der Waals surface area contributed by atoms with Gasteiger partial charge in [-0.05, 0) is 25.8 Å². The van der Waals surface area contributed by atoms with Crippen molar-refractivity contribution in [3.8, 4) is 0 Å². The lowest BCUT2D eigenvalue weighted by Crippen LogP contribution is -2.54. The van der Waals surface area contributed by atoms with Gasteiger partial charge in [0.1, 0.15) is 0 Å². The molecule has 2 aliphatic heterocycles. The van der Waals surface area contributed by atoms with Gasteiger partial charge in [-0.1, -0.05) is 36.6 Å². The molecular weight excluding hydrogens is 398 g/mol. The molecule has 2 unspecified atom stereocenters. The molecule has 158 valence electrons. The zero-order valence-electron chi connectivity index (χ0n) is 17.0. The molecular formula is C22H27N5O2S. The van der Waals surface area contributed by atoms with Crippen molar-refractivity contribution in [3.63, 3.8) is 0 Å². The maximum atomic E-state index is 12.9. The van der Waals surface area contributed by atoms with Crippen LogP contribution in [0.3, 0.4) is 0 Å². The van der Waals surface area contributed by atoms with E-state index in [4.69, 9.17) is 0 Å². The van der Waals surface area contributed by atoms with Crippen molar-refractivity contribution in [2.45, 2.75) is 63.8 Å². The molecule has 1 saturated carbocycles. The van der Waals surface area contributed by atoms with E-state index in [1.54, 1.807) is 0 Å². The van der Waals surface area contributed by atoms with E-state index in [1.807, 2.05) is 6.08 Å². The van der Waals surface area contributed by atoms with E-state index in [0.29, 0.717) is 10.7 Å². The number of hydrogen-bond acceptors (Lipinski definition) is 6. The van der Waals surface area contributed by atoms with Crippen LogP contribution >= 0.6 is 11.3 Å². The van der Waals surface area contributed by atoms with Gasteiger partial charge in [0.05, 0.1) is 17.4 Å². The summed E-state index contributed by atoms with van der Waals surface area (Å²) in [6, 6.07) is 0.0119. The van der Waals surface area contributed by atoms with Crippen LogP contribution in [0.5, 0.6) is 0 Å². The Morgan fingerprint density at radius 1 is 1.10 bits per heavy atom. The molecule has 8 heteroatoms. The monoisotopic (exact) mass is 425 g/mol. The summed E-state index contributed by atoms with van der Waals surface area (Å²) in [4.78, 5) is 31.3. The molecule has 7 nitrogen and oxygen atoms in total. The first-order valence-corrected chi connectivity index (χ1v) is 11.5. The summed E-state index contributed by atoms with van der Waals surface area (Å²) in [5.74, 6) is 0.00350. The van der Waals surface area contributed by atoms with Crippen LogP contribution in [-0.4, -0.2) is 34.9 Å². The number of amides is 2. The van der Waals surface area contributed by atoms with Crippen molar-refractivity contribution >= 4 is 23.2 Å². The van der Waals surface area contributed by atoms with Crippen LogP contribution in [0.1, 0.15) is 53.0 Å². The van der Waals surface area contributed by atoms with E-state index >= 15 is 0 Å². The van der Waals surface area contributed by atoms with Crippen molar-refractivity contribution in [2.75, 3.05) is 0 Å². The first-order chi connectivity index (χ1) is 14.6. The number of thiazole rings is 1. The van der Waals surface area contributed by atoms with Crippen molar-refractivity contribution < 1.29 is 9.59 Å². The highest BCUT2D eigenvalue weighted by Gasteiger charge is 2.33. The maximum absolute atomic E-state index is 12.9. The first-order valence-electron chi connectivity index (χ1n) is 10.7. The van der Waals surface area contributed by atoms with Crippen LogP contribution in [0.4, 0.5) is 0 Å². The second kappa shape index (κ2) is 8.00. The summed E-state index contributed by atoms with van der Waals surface area (Å²) in [6.45, 7) is 3.59. The standard InChI is InChI=1S/C22H27N5O2S/c1-12-6-7-14-13(8-12)9-17(24-14)20(28)25-15-4-2-3-5-16(15)26-21(29)22-27-18-10-23-11-19(18)30-22/h6-9,13-16,23-24H,2-5,10-11H2,1H3,(H,25,28)(H,26,29)/t13?,14?,15-,16+/m0/s1. The predicted octanol–water partition coefficient (Wildman–Crippen LogP) is 1.89. The van der Waals surface area contributed by atoms with Gasteiger partial charge >= 0.3 is 0 Å². The summed E-state index contributed by atoms with van der Waals surface area (Å²) < 4.78 is 0. The van der Waals surface area contributed by atoms with Gasteiger partial charge in [-0.2, -0.15) is 0 Å². The zero-order valence-corrected chi connectivity index (χ0v) is 17.8. The highest BCUT2D eigenvalue weighted by atomic mass is 32.1. The number of aromatic nitrogens is 1. The number of allylic oxidation sites excluding steroid dienone is 2. The highest BCUT2D eigenvalue weighted by Crippen LogP contribution is 2.27. The smallest absolute Gasteiger partial charge is 0.280 e. The largest absolute Gasteiger partial charge is 0.374 e. The molecule has 4 aliphatic rings. The molecule has 1 aromatic rings. The fourth-order valence-electron chi connectivity index (χ4n) is 4.71. The summed E-state index contributed by atoms with van der Waals surface area (Å²) in [5, 5.41) is 13.4. The lowest BCUT2D eigenvalue weighted by Gasteiger charge is -2.32. The third kappa shape index (κ3) is 3.81. The van der Waals surface area contributed by atoms with Crippen LogP contribution < -0.4 is 21.3 Å². The van der Waals surface area contributed by atoms with Gasteiger partial charge in [0.15, 0.2) is 5.01 Å². The zero-order chi connectivity index (χ0) is 20.7. The van der Waals surface area contributed by atoms with E-state index in [0.717, 1.165) is 49.3 Å². The van der Waals surface area contributed by atoms with Crippen LogP contribution in [0.25, 0.3) is 0 Å². The van der Waals surface area contributed by atoms with E-state index in [9.17, 15) is 9.59 Å². The molecule has 0 radical (unpaired) electrons. The summed E-state index contributed by atoms with van der Waals surface area (Å²) >= 11 is 1.46. The topological polar surface area (TPSA) is 95.2 Å². The Morgan fingerprint density at radius 3 is 2.63 bits per heavy atom. The molecule has 5 rings (SSSR count). The van der Waals surface area contributed by atoms with Gasteiger partial charge in [0, 0.05) is 36.0 Å². The molecule has 0 spiro atoms. The predicted molar refractivity (Wildman–Crippen MR) is 116 cm³/mol. The highest BCUT2D eigenvalue weighted by molar-refractivity contribution is 7.13. The molecule has 0 bridgehead atoms. The Labute approximate surface area is 180 Å². The first kappa shape index (κ1) is 19.5. The summed E-state index contributed by atoms with van der Waals surface area (Å²) in [6.07, 6.45) is 12.2. The molecule has 2 aliphatic carbocycles. The Bertz CT molecular complexity index is 941. The van der Waals surface area contributed by atoms with E-state index in [1.165, 1.54) is 16.9 Å². The van der Waals surface area contributed by atoms with E-state index < -0.39 is 0 Å². The second-order valence-electron chi connectivity index (χ2n) is 8.53. The molecule has 1 fully saturated rings. The van der Waals surface area contributed by atoms with Crippen molar-refractivity contribution in [1.82, 2.24) is 26.3 Å². The van der Waals surface area contributed by atoms with Gasteiger partial charge in [0.2, 0.25) is 0 Å². The Morgan fingerprint density at radius 2 is 1.87 bits per heavy atom. The Balaban J connectivity index is 1.23. The SMILES string of the molecule is CC1=CC2C=C(C(=O)N[C@H]3CCCC[C@H]3NC(=O)c3nc4c(s3)CNC4)NC2C=C1. The molecule has 2 amide bonds. The minimum Gasteiger partial charge on any atom is -0.374 e. The molecule has 0 saturated heterocycles. The van der Waals surface area contributed by atoms with Gasteiger partial charge in [-0.25, -0.2) is 4.98 Å². The maximum Gasteiger partial charge on any atom is 0.280 e.